The summed E-state index contributed by atoms with van der Waals surface area (Å²) in [5, 5.41) is 16.6. The van der Waals surface area contributed by atoms with Crippen LogP contribution in [-0.2, 0) is 4.79 Å². The Labute approximate surface area is 109 Å². The summed E-state index contributed by atoms with van der Waals surface area (Å²) in [5.74, 6) is -1.02. The largest absolute Gasteiger partial charge is 0.480 e. The Morgan fingerprint density at radius 3 is 2.72 bits per heavy atom. The highest BCUT2D eigenvalue weighted by Crippen LogP contribution is 2.14. The van der Waals surface area contributed by atoms with Crippen LogP contribution < -0.4 is 10.6 Å². The van der Waals surface area contributed by atoms with E-state index in [2.05, 4.69) is 15.6 Å². The van der Waals surface area contributed by atoms with E-state index >= 15 is 0 Å². The van der Waals surface area contributed by atoms with Crippen molar-refractivity contribution in [2.75, 3.05) is 0 Å². The molecule has 3 N–H and O–H groups in total. The second kappa shape index (κ2) is 6.95. The Kier molecular flexibility index (Phi) is 5.57. The first kappa shape index (κ1) is 14.4. The lowest BCUT2D eigenvalue weighted by atomic mass is 10.2. The van der Waals surface area contributed by atoms with Gasteiger partial charge in [-0.3, -0.25) is 0 Å². The van der Waals surface area contributed by atoms with Gasteiger partial charge in [-0.15, -0.1) is 11.3 Å². The third kappa shape index (κ3) is 4.33. The fraction of sp³-hybridized carbons (Fsp3) is 0.545. The highest BCUT2D eigenvalue weighted by Gasteiger charge is 2.20. The third-order valence-electron chi connectivity index (χ3n) is 2.35. The number of carbonyl (C=O) groups excluding carboxylic acids is 1. The van der Waals surface area contributed by atoms with Gasteiger partial charge in [-0.05, 0) is 13.3 Å². The smallest absolute Gasteiger partial charge is 0.326 e. The fourth-order valence-corrected chi connectivity index (χ4v) is 2.10. The van der Waals surface area contributed by atoms with Gasteiger partial charge in [0.05, 0.1) is 6.04 Å². The minimum atomic E-state index is -1.02. The van der Waals surface area contributed by atoms with E-state index in [1.54, 1.807) is 13.1 Å². The Hall–Kier alpha value is -1.63. The molecule has 0 saturated carbocycles. The van der Waals surface area contributed by atoms with Crippen molar-refractivity contribution in [2.24, 2.45) is 0 Å². The fourth-order valence-electron chi connectivity index (χ4n) is 1.45. The number of carbonyl (C=O) groups is 2. The summed E-state index contributed by atoms with van der Waals surface area (Å²) in [4.78, 5) is 26.6. The molecule has 1 rings (SSSR count). The van der Waals surface area contributed by atoms with Crippen molar-refractivity contribution in [1.29, 1.82) is 0 Å². The average Bonchev–Trinajstić information content (AvgIpc) is 2.81. The number of nitrogens with one attached hydrogen (secondary N) is 2. The number of hydrogen-bond donors (Lipinski definition) is 3. The van der Waals surface area contributed by atoms with E-state index in [1.165, 1.54) is 11.3 Å². The molecule has 0 aliphatic carbocycles. The SMILES string of the molecule is CCC[C@H](NC(=O)NC(C)c1nccs1)C(=O)O. The van der Waals surface area contributed by atoms with Crippen molar-refractivity contribution in [3.05, 3.63) is 16.6 Å². The van der Waals surface area contributed by atoms with E-state index in [0.29, 0.717) is 12.8 Å². The van der Waals surface area contributed by atoms with Crippen molar-refractivity contribution in [3.63, 3.8) is 0 Å². The van der Waals surface area contributed by atoms with Crippen LogP contribution in [0.2, 0.25) is 0 Å². The van der Waals surface area contributed by atoms with Crippen LogP contribution in [0.15, 0.2) is 11.6 Å². The highest BCUT2D eigenvalue weighted by molar-refractivity contribution is 7.09. The Balaban J connectivity index is 2.47. The van der Waals surface area contributed by atoms with Crippen LogP contribution in [0.5, 0.6) is 0 Å². The van der Waals surface area contributed by atoms with Gasteiger partial charge in [0.25, 0.3) is 0 Å². The summed E-state index contributed by atoms with van der Waals surface area (Å²) < 4.78 is 0. The summed E-state index contributed by atoms with van der Waals surface area (Å²) >= 11 is 1.44. The molecule has 0 radical (unpaired) electrons. The van der Waals surface area contributed by atoms with Crippen LogP contribution in [0.4, 0.5) is 4.79 Å². The lowest BCUT2D eigenvalue weighted by Crippen LogP contribution is -2.46. The molecule has 0 saturated heterocycles. The highest BCUT2D eigenvalue weighted by atomic mass is 32.1. The monoisotopic (exact) mass is 271 g/mol. The standard InChI is InChI=1S/C11H17N3O3S/c1-3-4-8(10(15)16)14-11(17)13-7(2)9-12-5-6-18-9/h5-8H,3-4H2,1-2H3,(H,15,16)(H2,13,14,17)/t7?,8-/m0/s1. The summed E-state index contributed by atoms with van der Waals surface area (Å²) in [6, 6.07) is -1.57. The van der Waals surface area contributed by atoms with Crippen LogP contribution in [0, 0.1) is 0 Å². The molecule has 18 heavy (non-hydrogen) atoms. The van der Waals surface area contributed by atoms with E-state index < -0.39 is 18.0 Å². The van der Waals surface area contributed by atoms with Crippen molar-refractivity contribution in [1.82, 2.24) is 15.6 Å². The van der Waals surface area contributed by atoms with E-state index in [4.69, 9.17) is 5.11 Å². The zero-order chi connectivity index (χ0) is 13.5. The lowest BCUT2D eigenvalue weighted by molar-refractivity contribution is -0.139. The summed E-state index contributed by atoms with van der Waals surface area (Å²) in [6.45, 7) is 3.67. The van der Waals surface area contributed by atoms with Gasteiger partial charge in [0, 0.05) is 11.6 Å². The molecule has 0 aliphatic rings. The molecular weight excluding hydrogens is 254 g/mol. The molecule has 0 aromatic carbocycles. The van der Waals surface area contributed by atoms with Crippen LogP contribution in [0.25, 0.3) is 0 Å². The first-order valence-corrected chi connectivity index (χ1v) is 6.61. The molecule has 100 valence electrons. The molecule has 6 nitrogen and oxygen atoms in total. The van der Waals surface area contributed by atoms with Gasteiger partial charge in [0.1, 0.15) is 11.0 Å². The molecule has 1 aromatic rings. The quantitative estimate of drug-likeness (QED) is 0.735. The summed E-state index contributed by atoms with van der Waals surface area (Å²) in [5.41, 5.74) is 0. The Morgan fingerprint density at radius 1 is 1.50 bits per heavy atom. The number of rotatable bonds is 6. The van der Waals surface area contributed by atoms with E-state index in [9.17, 15) is 9.59 Å². The van der Waals surface area contributed by atoms with Gasteiger partial charge in [0.15, 0.2) is 0 Å². The zero-order valence-corrected chi connectivity index (χ0v) is 11.2. The van der Waals surface area contributed by atoms with Gasteiger partial charge >= 0.3 is 12.0 Å². The second-order valence-corrected chi connectivity index (χ2v) is 4.82. The van der Waals surface area contributed by atoms with Gasteiger partial charge in [0.2, 0.25) is 0 Å². The molecular formula is C11H17N3O3S. The molecule has 0 bridgehead atoms. The molecule has 1 aromatic heterocycles. The topological polar surface area (TPSA) is 91.3 Å². The van der Waals surface area contributed by atoms with E-state index in [1.807, 2.05) is 12.3 Å². The summed E-state index contributed by atoms with van der Waals surface area (Å²) in [7, 11) is 0. The van der Waals surface area contributed by atoms with Gasteiger partial charge in [-0.2, -0.15) is 0 Å². The maximum Gasteiger partial charge on any atom is 0.326 e. The van der Waals surface area contributed by atoms with Crippen molar-refractivity contribution in [2.45, 2.75) is 38.8 Å². The average molecular weight is 271 g/mol. The number of aromatic nitrogens is 1. The van der Waals surface area contributed by atoms with E-state index in [-0.39, 0.29) is 6.04 Å². The number of urea groups is 1. The Bertz CT molecular complexity index is 394. The van der Waals surface area contributed by atoms with Gasteiger partial charge in [-0.25, -0.2) is 14.6 Å². The molecule has 1 heterocycles. The van der Waals surface area contributed by atoms with E-state index in [0.717, 1.165) is 5.01 Å². The molecule has 0 aliphatic heterocycles. The molecule has 1 unspecified atom stereocenters. The first-order chi connectivity index (χ1) is 8.54. The van der Waals surface area contributed by atoms with Crippen molar-refractivity contribution < 1.29 is 14.7 Å². The molecule has 2 amide bonds. The van der Waals surface area contributed by atoms with Gasteiger partial charge in [-0.1, -0.05) is 13.3 Å². The molecule has 2 atom stereocenters. The lowest BCUT2D eigenvalue weighted by Gasteiger charge is -2.16. The van der Waals surface area contributed by atoms with Crippen LogP contribution in [0.3, 0.4) is 0 Å². The predicted octanol–water partition coefficient (Wildman–Crippen LogP) is 1.76. The maximum atomic E-state index is 11.6. The number of aliphatic carboxylic acids is 1. The molecule has 0 spiro atoms. The predicted molar refractivity (Wildman–Crippen MR) is 68.5 cm³/mol. The van der Waals surface area contributed by atoms with Gasteiger partial charge < -0.3 is 15.7 Å². The second-order valence-electron chi connectivity index (χ2n) is 3.89. The van der Waals surface area contributed by atoms with Crippen LogP contribution in [0.1, 0.15) is 37.7 Å². The minimum absolute atomic E-state index is 0.235. The number of carboxylic acid groups (broad SMARTS) is 1. The molecule has 0 fully saturated rings. The third-order valence-corrected chi connectivity index (χ3v) is 3.31. The normalized spacial score (nSPS) is 13.7. The summed E-state index contributed by atoms with van der Waals surface area (Å²) in [6.07, 6.45) is 2.76. The zero-order valence-electron chi connectivity index (χ0n) is 10.3. The minimum Gasteiger partial charge on any atom is -0.480 e. The molecule has 7 heteroatoms. The number of hydrogen-bond acceptors (Lipinski definition) is 4. The van der Waals surface area contributed by atoms with Crippen LogP contribution in [-0.4, -0.2) is 28.1 Å². The van der Waals surface area contributed by atoms with Crippen molar-refractivity contribution >= 4 is 23.3 Å². The first-order valence-electron chi connectivity index (χ1n) is 5.73. The number of thiazole rings is 1. The number of nitrogens with zero attached hydrogens (tertiary/aromatic N) is 1. The van der Waals surface area contributed by atoms with Crippen molar-refractivity contribution in [3.8, 4) is 0 Å². The van der Waals surface area contributed by atoms with Crippen LogP contribution >= 0.6 is 11.3 Å². The number of carboxylic acids is 1. The maximum absolute atomic E-state index is 11.6. The Morgan fingerprint density at radius 2 is 2.22 bits per heavy atom. The number of amides is 2.